The maximum absolute atomic E-state index is 5.94. The molecule has 2 nitrogen and oxygen atoms in total. The van der Waals surface area contributed by atoms with Crippen LogP contribution in [0.5, 0.6) is 0 Å². The van der Waals surface area contributed by atoms with Crippen molar-refractivity contribution in [3.8, 4) is 11.1 Å². The minimum absolute atomic E-state index is 0.235. The summed E-state index contributed by atoms with van der Waals surface area (Å²) in [5, 5.41) is 4.62. The Labute approximate surface area is 124 Å². The van der Waals surface area contributed by atoms with Gasteiger partial charge in [0.05, 0.1) is 0 Å². The van der Waals surface area contributed by atoms with Crippen LogP contribution < -0.4 is 10.6 Å². The zero-order valence-electron chi connectivity index (χ0n) is 10.8. The van der Waals surface area contributed by atoms with E-state index >= 15 is 0 Å². The molecule has 0 aliphatic carbocycles. The van der Waals surface area contributed by atoms with Crippen LogP contribution in [0.15, 0.2) is 57.8 Å². The standard InChI is InChI=1S/C16H14NOPS/c20-14-4-1-11(2-5-14)12-3-6-15-13(9-12)10-16(18-15)19-8-7-17-19/h1-6,9-10,17,20H,7-8H2. The first kappa shape index (κ1) is 12.5. The normalized spacial score (nSPS) is 18.1. The lowest BCUT2D eigenvalue weighted by molar-refractivity contribution is 0.649. The number of nitrogens with one attached hydrogen (secondary N) is 1. The highest BCUT2D eigenvalue weighted by Crippen LogP contribution is 2.38. The van der Waals surface area contributed by atoms with Crippen LogP contribution in [0.2, 0.25) is 0 Å². The molecule has 1 saturated heterocycles. The molecule has 1 fully saturated rings. The van der Waals surface area contributed by atoms with E-state index < -0.39 is 0 Å². The maximum Gasteiger partial charge on any atom is 0.141 e. The molecule has 4 heteroatoms. The lowest BCUT2D eigenvalue weighted by Gasteiger charge is -2.24. The molecule has 0 amide bonds. The highest BCUT2D eigenvalue weighted by atomic mass is 32.1. The highest BCUT2D eigenvalue weighted by Gasteiger charge is 2.22. The summed E-state index contributed by atoms with van der Waals surface area (Å²) in [6.07, 6.45) is 1.23. The van der Waals surface area contributed by atoms with Gasteiger partial charge in [-0.25, -0.2) is 0 Å². The van der Waals surface area contributed by atoms with Gasteiger partial charge < -0.3 is 4.42 Å². The summed E-state index contributed by atoms with van der Waals surface area (Å²) in [5.41, 5.74) is 4.52. The number of fused-ring (bicyclic) bond motifs is 1. The van der Waals surface area contributed by atoms with Crippen molar-refractivity contribution in [2.75, 3.05) is 12.7 Å². The first-order valence-electron chi connectivity index (χ1n) is 6.64. The fourth-order valence-electron chi connectivity index (χ4n) is 2.41. The van der Waals surface area contributed by atoms with Crippen molar-refractivity contribution in [1.82, 2.24) is 5.09 Å². The Morgan fingerprint density at radius 3 is 2.45 bits per heavy atom. The predicted molar refractivity (Wildman–Crippen MR) is 88.3 cm³/mol. The number of hydrogen-bond donors (Lipinski definition) is 2. The summed E-state index contributed by atoms with van der Waals surface area (Å²) in [5.74, 6) is 0. The number of benzene rings is 2. The zero-order valence-corrected chi connectivity index (χ0v) is 12.6. The summed E-state index contributed by atoms with van der Waals surface area (Å²) in [7, 11) is -0.235. The first-order valence-corrected chi connectivity index (χ1v) is 8.61. The van der Waals surface area contributed by atoms with Crippen molar-refractivity contribution in [1.29, 1.82) is 0 Å². The van der Waals surface area contributed by atoms with Crippen molar-refractivity contribution in [2.24, 2.45) is 0 Å². The molecule has 0 spiro atoms. The molecule has 1 aromatic heterocycles. The van der Waals surface area contributed by atoms with E-state index in [0.717, 1.165) is 22.5 Å². The largest absolute Gasteiger partial charge is 0.455 e. The fourth-order valence-corrected chi connectivity index (χ4v) is 3.88. The molecule has 100 valence electrons. The van der Waals surface area contributed by atoms with Crippen LogP contribution in [0.25, 0.3) is 22.1 Å². The molecule has 0 radical (unpaired) electrons. The van der Waals surface area contributed by atoms with Gasteiger partial charge in [0, 0.05) is 31.1 Å². The third-order valence-corrected chi connectivity index (χ3v) is 5.93. The second kappa shape index (κ2) is 4.92. The molecule has 20 heavy (non-hydrogen) atoms. The highest BCUT2D eigenvalue weighted by molar-refractivity contribution is 7.80. The van der Waals surface area contributed by atoms with Gasteiger partial charge in [-0.3, -0.25) is 5.09 Å². The van der Waals surface area contributed by atoms with E-state index in [4.69, 9.17) is 4.42 Å². The molecule has 2 heterocycles. The van der Waals surface area contributed by atoms with Crippen molar-refractivity contribution in [3.63, 3.8) is 0 Å². The third kappa shape index (κ3) is 2.16. The smallest absolute Gasteiger partial charge is 0.141 e. The van der Waals surface area contributed by atoms with Gasteiger partial charge in [-0.15, -0.1) is 12.6 Å². The number of thiol groups is 1. The van der Waals surface area contributed by atoms with E-state index in [1.54, 1.807) is 0 Å². The van der Waals surface area contributed by atoms with Gasteiger partial charge in [-0.2, -0.15) is 0 Å². The molecule has 3 aromatic rings. The average molecular weight is 299 g/mol. The van der Waals surface area contributed by atoms with Crippen LogP contribution in [-0.2, 0) is 0 Å². The van der Waals surface area contributed by atoms with Crippen LogP contribution in [0.3, 0.4) is 0 Å². The van der Waals surface area contributed by atoms with Gasteiger partial charge in [0.1, 0.15) is 11.1 Å². The monoisotopic (exact) mass is 299 g/mol. The Hall–Kier alpha value is -1.28. The second-order valence-corrected chi connectivity index (χ2v) is 7.52. The van der Waals surface area contributed by atoms with Crippen molar-refractivity contribution in [3.05, 3.63) is 48.5 Å². The zero-order chi connectivity index (χ0) is 13.5. The maximum atomic E-state index is 5.94. The predicted octanol–water partition coefficient (Wildman–Crippen LogP) is 4.01. The molecule has 0 saturated carbocycles. The van der Waals surface area contributed by atoms with Crippen molar-refractivity contribution < 1.29 is 4.42 Å². The average Bonchev–Trinajstić information content (AvgIpc) is 2.79. The summed E-state index contributed by atoms with van der Waals surface area (Å²) >= 11 is 4.33. The molecule has 4 rings (SSSR count). The molecular formula is C16H14NOPS. The molecule has 2 aromatic carbocycles. The Bertz CT molecular complexity index is 762. The third-order valence-electron chi connectivity index (χ3n) is 3.61. The Morgan fingerprint density at radius 2 is 1.75 bits per heavy atom. The SMILES string of the molecule is Sc1ccc(-c2ccc3oc(P4CCN4)cc3c2)cc1. The van der Waals surface area contributed by atoms with E-state index in [1.165, 1.54) is 22.7 Å². The van der Waals surface area contributed by atoms with Gasteiger partial charge in [0.25, 0.3) is 0 Å². The lowest BCUT2D eigenvalue weighted by atomic mass is 10.0. The topological polar surface area (TPSA) is 25.2 Å². The van der Waals surface area contributed by atoms with Gasteiger partial charge in [-0.05, 0) is 41.5 Å². The van der Waals surface area contributed by atoms with Crippen molar-refractivity contribution >= 4 is 37.2 Å². The fraction of sp³-hybridized carbons (Fsp3) is 0.125. The molecule has 1 aliphatic rings. The quantitative estimate of drug-likeness (QED) is 0.552. The molecule has 1 atom stereocenters. The summed E-state index contributed by atoms with van der Waals surface area (Å²) in [4.78, 5) is 0.985. The van der Waals surface area contributed by atoms with Crippen molar-refractivity contribution in [2.45, 2.75) is 4.90 Å². The molecular weight excluding hydrogens is 285 g/mol. The first-order chi connectivity index (χ1) is 9.79. The van der Waals surface area contributed by atoms with E-state index in [9.17, 15) is 0 Å². The van der Waals surface area contributed by atoms with Gasteiger partial charge in [0.15, 0.2) is 0 Å². The number of hydrogen-bond acceptors (Lipinski definition) is 3. The lowest BCUT2D eigenvalue weighted by Crippen LogP contribution is -2.31. The summed E-state index contributed by atoms with van der Waals surface area (Å²) in [6, 6.07) is 16.8. The minimum Gasteiger partial charge on any atom is -0.455 e. The van der Waals surface area contributed by atoms with E-state index in [-0.39, 0.29) is 8.07 Å². The molecule has 0 bridgehead atoms. The van der Waals surface area contributed by atoms with Gasteiger partial charge in [0.2, 0.25) is 0 Å². The number of furan rings is 1. The Morgan fingerprint density at radius 1 is 1.00 bits per heavy atom. The molecule has 1 N–H and O–H groups in total. The van der Waals surface area contributed by atoms with Crippen LogP contribution in [0, 0.1) is 0 Å². The number of rotatable bonds is 2. The van der Waals surface area contributed by atoms with E-state index in [1.807, 2.05) is 12.1 Å². The molecule has 1 aliphatic heterocycles. The van der Waals surface area contributed by atoms with Gasteiger partial charge in [-0.1, -0.05) is 18.2 Å². The summed E-state index contributed by atoms with van der Waals surface area (Å²) < 4.78 is 5.94. The Balaban J connectivity index is 1.75. The van der Waals surface area contributed by atoms with E-state index in [2.05, 4.69) is 54.1 Å². The van der Waals surface area contributed by atoms with Crippen LogP contribution >= 0.6 is 20.7 Å². The van der Waals surface area contributed by atoms with Crippen LogP contribution in [-0.4, -0.2) is 12.7 Å². The molecule has 1 unspecified atom stereocenters. The van der Waals surface area contributed by atoms with Gasteiger partial charge >= 0.3 is 0 Å². The second-order valence-electron chi connectivity index (χ2n) is 4.94. The summed E-state index contributed by atoms with van der Waals surface area (Å²) in [6.45, 7) is 1.12. The van der Waals surface area contributed by atoms with E-state index in [0.29, 0.717) is 0 Å². The van der Waals surface area contributed by atoms with Crippen LogP contribution in [0.4, 0.5) is 0 Å². The minimum atomic E-state index is -0.235. The van der Waals surface area contributed by atoms with Crippen LogP contribution in [0.1, 0.15) is 0 Å². The Kier molecular flexibility index (Phi) is 3.07.